The monoisotopic (exact) mass is 403 g/mol. The summed E-state index contributed by atoms with van der Waals surface area (Å²) in [5, 5.41) is 10.6. The Morgan fingerprint density at radius 1 is 1.41 bits per heavy atom. The Hall–Kier alpha value is -1.57. The summed E-state index contributed by atoms with van der Waals surface area (Å²) >= 11 is 0. The number of carbonyl (C=O) groups is 1. The SMILES string of the molecule is CC[C@@H](O)C[C@@]12[C@@H]3C[C@H]4[C@@H]5[C@H](C)/C(=C6/OC(=O)C(C)=C6OC)O[C@@]5(O3)[C@@H]1CCN42. The van der Waals surface area contributed by atoms with Crippen LogP contribution >= 0.6 is 0 Å². The number of aliphatic hydroxyl groups is 1. The number of esters is 1. The van der Waals surface area contributed by atoms with Gasteiger partial charge in [-0.3, -0.25) is 4.90 Å². The number of methoxy groups -OCH3 is 1. The second-order valence-electron chi connectivity index (χ2n) is 9.58. The predicted molar refractivity (Wildman–Crippen MR) is 101 cm³/mol. The van der Waals surface area contributed by atoms with Gasteiger partial charge >= 0.3 is 5.97 Å². The van der Waals surface area contributed by atoms with E-state index in [0.717, 1.165) is 32.2 Å². The van der Waals surface area contributed by atoms with Crippen LogP contribution in [0.4, 0.5) is 0 Å². The number of rotatable bonds is 4. The standard InChI is InChI=1S/C22H29NO6/c1-5-12(24)9-21-14-6-7-23(21)13-8-15(21)28-22(14)16(13)10(2)18(29-22)19-17(26-4)11(3)20(25)27-19/h10,12-16,24H,5-9H2,1-4H3/b19-18-/t10-,12+,13-,14+,15-,16-,21-,22-/m0/s1. The fraction of sp³-hybridized carbons (Fsp3) is 0.773. The fourth-order valence-electron chi connectivity index (χ4n) is 7.61. The molecule has 6 rings (SSSR count). The van der Waals surface area contributed by atoms with Crippen LogP contribution in [0.5, 0.6) is 0 Å². The topological polar surface area (TPSA) is 77.5 Å². The van der Waals surface area contributed by atoms with Gasteiger partial charge in [0.15, 0.2) is 5.76 Å². The summed E-state index contributed by atoms with van der Waals surface area (Å²) in [6.07, 6.45) is 3.26. The van der Waals surface area contributed by atoms with Crippen molar-refractivity contribution >= 4 is 5.97 Å². The summed E-state index contributed by atoms with van der Waals surface area (Å²) < 4.78 is 24.5. The molecule has 29 heavy (non-hydrogen) atoms. The van der Waals surface area contributed by atoms with E-state index in [1.54, 1.807) is 14.0 Å². The van der Waals surface area contributed by atoms with Gasteiger partial charge in [-0.05, 0) is 39.2 Å². The summed E-state index contributed by atoms with van der Waals surface area (Å²) in [6.45, 7) is 6.95. The van der Waals surface area contributed by atoms with E-state index >= 15 is 0 Å². The molecular weight excluding hydrogens is 374 g/mol. The third kappa shape index (κ3) is 1.85. The van der Waals surface area contributed by atoms with E-state index in [-0.39, 0.29) is 41.5 Å². The molecule has 6 heterocycles. The normalized spacial score (nSPS) is 52.2. The molecule has 9 atom stereocenters. The molecule has 1 N–H and O–H groups in total. The minimum Gasteiger partial charge on any atom is -0.492 e. The van der Waals surface area contributed by atoms with Gasteiger partial charge in [0.25, 0.3) is 0 Å². The molecular formula is C22H29NO6. The first-order valence-corrected chi connectivity index (χ1v) is 10.9. The number of nitrogens with zero attached hydrogens (tertiary/aromatic N) is 1. The van der Waals surface area contributed by atoms with Crippen molar-refractivity contribution in [2.45, 2.75) is 76.0 Å². The highest BCUT2D eigenvalue weighted by Gasteiger charge is 2.84. The molecule has 0 saturated carbocycles. The molecule has 0 amide bonds. The molecule has 0 radical (unpaired) electrons. The number of hydrogen-bond acceptors (Lipinski definition) is 7. The molecule has 5 fully saturated rings. The van der Waals surface area contributed by atoms with Gasteiger partial charge < -0.3 is 24.1 Å². The summed E-state index contributed by atoms with van der Waals surface area (Å²) in [4.78, 5) is 14.8. The van der Waals surface area contributed by atoms with Gasteiger partial charge in [0.05, 0.1) is 36.3 Å². The van der Waals surface area contributed by atoms with Gasteiger partial charge in [-0.15, -0.1) is 0 Å². The molecule has 1 unspecified atom stereocenters. The molecule has 6 aliphatic heterocycles. The first-order valence-electron chi connectivity index (χ1n) is 10.9. The smallest absolute Gasteiger partial charge is 0.343 e. The molecule has 158 valence electrons. The van der Waals surface area contributed by atoms with Crippen molar-refractivity contribution in [3.05, 3.63) is 22.9 Å². The zero-order valence-electron chi connectivity index (χ0n) is 17.4. The maximum absolute atomic E-state index is 12.2. The van der Waals surface area contributed by atoms with E-state index < -0.39 is 5.79 Å². The molecule has 7 nitrogen and oxygen atoms in total. The average Bonchev–Trinajstić information content (AvgIpc) is 3.40. The number of ether oxygens (including phenoxy) is 4. The summed E-state index contributed by atoms with van der Waals surface area (Å²) in [6, 6.07) is 0.373. The molecule has 5 bridgehead atoms. The molecule has 5 saturated heterocycles. The Morgan fingerprint density at radius 2 is 2.21 bits per heavy atom. The Kier molecular flexibility index (Phi) is 3.49. The van der Waals surface area contributed by atoms with E-state index in [1.165, 1.54) is 0 Å². The van der Waals surface area contributed by atoms with Crippen LogP contribution in [0.3, 0.4) is 0 Å². The van der Waals surface area contributed by atoms with E-state index in [9.17, 15) is 9.90 Å². The first kappa shape index (κ1) is 18.2. The number of aliphatic hydroxyl groups excluding tert-OH is 1. The fourth-order valence-corrected chi connectivity index (χ4v) is 7.61. The highest BCUT2D eigenvalue weighted by atomic mass is 16.7. The lowest BCUT2D eigenvalue weighted by Crippen LogP contribution is -2.61. The number of fused-ring (bicyclic) bond motifs is 1. The van der Waals surface area contributed by atoms with Gasteiger partial charge in [-0.2, -0.15) is 0 Å². The lowest BCUT2D eigenvalue weighted by Gasteiger charge is -2.48. The lowest BCUT2D eigenvalue weighted by molar-refractivity contribution is -0.256. The van der Waals surface area contributed by atoms with Crippen molar-refractivity contribution in [2.24, 2.45) is 17.8 Å². The number of hydrogen-bond donors (Lipinski definition) is 1. The van der Waals surface area contributed by atoms with Crippen LogP contribution in [0.1, 0.15) is 46.5 Å². The summed E-state index contributed by atoms with van der Waals surface area (Å²) in [5.74, 6) is 0.990. The predicted octanol–water partition coefficient (Wildman–Crippen LogP) is 2.06. The largest absolute Gasteiger partial charge is 0.492 e. The number of piperidine rings is 1. The van der Waals surface area contributed by atoms with Crippen LogP contribution in [0.2, 0.25) is 0 Å². The van der Waals surface area contributed by atoms with Crippen molar-refractivity contribution in [3.63, 3.8) is 0 Å². The third-order valence-electron chi connectivity index (χ3n) is 8.63. The van der Waals surface area contributed by atoms with Gasteiger partial charge in [0.1, 0.15) is 5.76 Å². The van der Waals surface area contributed by atoms with Crippen LogP contribution in [0.15, 0.2) is 22.9 Å². The Bertz CT molecular complexity index is 865. The van der Waals surface area contributed by atoms with E-state index in [4.69, 9.17) is 18.9 Å². The minimum atomic E-state index is -0.683. The Balaban J connectivity index is 1.46. The maximum atomic E-state index is 12.2. The highest BCUT2D eigenvalue weighted by Crippen LogP contribution is 2.73. The summed E-state index contributed by atoms with van der Waals surface area (Å²) in [5.41, 5.74) is 0.346. The zero-order chi connectivity index (χ0) is 20.3. The molecule has 0 aromatic heterocycles. The second kappa shape index (κ2) is 5.56. The first-order chi connectivity index (χ1) is 13.9. The van der Waals surface area contributed by atoms with Gasteiger partial charge in [0.2, 0.25) is 11.5 Å². The quantitative estimate of drug-likeness (QED) is 0.720. The Labute approximate surface area is 170 Å². The number of cyclic esters (lactones) is 1. The molecule has 6 aliphatic rings. The van der Waals surface area contributed by atoms with Gasteiger partial charge in [-0.1, -0.05) is 13.8 Å². The minimum absolute atomic E-state index is 0.0649. The van der Waals surface area contributed by atoms with E-state index in [0.29, 0.717) is 28.9 Å². The van der Waals surface area contributed by atoms with Crippen LogP contribution in [-0.2, 0) is 23.7 Å². The van der Waals surface area contributed by atoms with Crippen molar-refractivity contribution in [1.82, 2.24) is 4.90 Å². The molecule has 7 heteroatoms. The zero-order valence-corrected chi connectivity index (χ0v) is 17.4. The van der Waals surface area contributed by atoms with Crippen molar-refractivity contribution in [1.29, 1.82) is 0 Å². The van der Waals surface area contributed by atoms with Crippen LogP contribution < -0.4 is 0 Å². The van der Waals surface area contributed by atoms with E-state index in [1.807, 2.05) is 6.92 Å². The molecule has 0 aromatic carbocycles. The molecule has 1 spiro atoms. The van der Waals surface area contributed by atoms with Crippen molar-refractivity contribution < 1.29 is 28.8 Å². The van der Waals surface area contributed by atoms with E-state index in [2.05, 4.69) is 11.8 Å². The lowest BCUT2D eigenvalue weighted by atomic mass is 9.69. The Morgan fingerprint density at radius 3 is 2.93 bits per heavy atom. The molecule has 0 aromatic rings. The van der Waals surface area contributed by atoms with Crippen molar-refractivity contribution in [2.75, 3.05) is 13.7 Å². The highest BCUT2D eigenvalue weighted by molar-refractivity contribution is 5.93. The molecule has 0 aliphatic carbocycles. The second-order valence-corrected chi connectivity index (χ2v) is 9.58. The third-order valence-corrected chi connectivity index (χ3v) is 8.63. The van der Waals surface area contributed by atoms with Crippen LogP contribution in [-0.4, -0.2) is 59.2 Å². The van der Waals surface area contributed by atoms with Crippen molar-refractivity contribution in [3.8, 4) is 0 Å². The maximum Gasteiger partial charge on any atom is 0.343 e. The summed E-state index contributed by atoms with van der Waals surface area (Å²) in [7, 11) is 1.56. The average molecular weight is 403 g/mol. The number of allylic oxidation sites excluding steroid dienone is 1. The van der Waals surface area contributed by atoms with Crippen LogP contribution in [0, 0.1) is 17.8 Å². The number of carbonyl (C=O) groups excluding carboxylic acids is 1. The van der Waals surface area contributed by atoms with Gasteiger partial charge in [-0.25, -0.2) is 4.79 Å². The van der Waals surface area contributed by atoms with Gasteiger partial charge in [0, 0.05) is 17.9 Å². The van der Waals surface area contributed by atoms with Crippen LogP contribution in [0.25, 0.3) is 0 Å².